The Hall–Kier alpha value is -3.49. The molecule has 0 spiro atoms. The van der Waals surface area contributed by atoms with Gasteiger partial charge in [0.2, 0.25) is 5.95 Å². The maximum atomic E-state index is 13.3. The summed E-state index contributed by atoms with van der Waals surface area (Å²) >= 11 is 0. The van der Waals surface area contributed by atoms with E-state index in [9.17, 15) is 30.7 Å². The van der Waals surface area contributed by atoms with E-state index in [2.05, 4.69) is 19.8 Å². The van der Waals surface area contributed by atoms with Crippen LogP contribution in [0.1, 0.15) is 5.56 Å². The molecule has 2 atom stereocenters. The average Bonchev–Trinajstić information content (AvgIpc) is 3.33. The predicted molar refractivity (Wildman–Crippen MR) is 110 cm³/mol. The van der Waals surface area contributed by atoms with E-state index >= 15 is 0 Å². The molecule has 2 saturated heterocycles. The van der Waals surface area contributed by atoms with Gasteiger partial charge < -0.3 is 15.1 Å². The molecular weight excluding hydrogens is 505 g/mol. The van der Waals surface area contributed by atoms with Crippen LogP contribution in [0.5, 0.6) is 0 Å². The van der Waals surface area contributed by atoms with E-state index < -0.39 is 24.3 Å². The third kappa shape index (κ3) is 8.94. The van der Waals surface area contributed by atoms with Gasteiger partial charge in [-0.2, -0.15) is 26.3 Å². The van der Waals surface area contributed by atoms with Gasteiger partial charge in [0.05, 0.1) is 0 Å². The van der Waals surface area contributed by atoms with Crippen molar-refractivity contribution in [1.82, 2.24) is 14.9 Å². The number of alkyl halides is 6. The second-order valence-electron chi connectivity index (χ2n) is 7.90. The minimum atomic E-state index is -5.08. The molecule has 1 aromatic heterocycles. The Labute approximate surface area is 200 Å². The number of carboxylic acid groups (broad SMARTS) is 2. The van der Waals surface area contributed by atoms with Gasteiger partial charge in [0.1, 0.15) is 5.82 Å². The fourth-order valence-electron chi connectivity index (χ4n) is 3.73. The minimum Gasteiger partial charge on any atom is -0.475 e. The first-order valence-corrected chi connectivity index (χ1v) is 10.3. The molecule has 4 rings (SSSR count). The first-order chi connectivity index (χ1) is 16.7. The number of aliphatic carboxylic acids is 2. The highest BCUT2D eigenvalue weighted by atomic mass is 19.4. The molecule has 0 radical (unpaired) electrons. The fraction of sp³-hybridized carbons (Fsp3) is 0.429. The maximum absolute atomic E-state index is 13.3. The number of rotatable bonds is 3. The third-order valence-corrected chi connectivity index (χ3v) is 5.18. The van der Waals surface area contributed by atoms with Crippen molar-refractivity contribution in [3.63, 3.8) is 0 Å². The van der Waals surface area contributed by atoms with Crippen LogP contribution in [-0.2, 0) is 16.1 Å². The smallest absolute Gasteiger partial charge is 0.475 e. The summed E-state index contributed by atoms with van der Waals surface area (Å²) in [5, 5.41) is 14.2. The molecule has 198 valence electrons. The summed E-state index contributed by atoms with van der Waals surface area (Å²) in [5.41, 5.74) is 1.06. The van der Waals surface area contributed by atoms with Gasteiger partial charge in [-0.1, -0.05) is 12.1 Å². The Morgan fingerprint density at radius 1 is 0.861 bits per heavy atom. The zero-order valence-electron chi connectivity index (χ0n) is 18.4. The summed E-state index contributed by atoms with van der Waals surface area (Å²) in [5.74, 6) is -3.49. The number of carboxylic acids is 2. The third-order valence-electron chi connectivity index (χ3n) is 5.18. The highest BCUT2D eigenvalue weighted by Crippen LogP contribution is 2.33. The van der Waals surface area contributed by atoms with Gasteiger partial charge in [0.25, 0.3) is 0 Å². The largest absolute Gasteiger partial charge is 0.490 e. The summed E-state index contributed by atoms with van der Waals surface area (Å²) in [4.78, 5) is 31.2. The Bertz CT molecular complexity index is 983. The number of nitrogens with zero attached hydrogens (tertiary/aromatic N) is 4. The molecule has 2 aliphatic rings. The summed E-state index contributed by atoms with van der Waals surface area (Å²) in [6.07, 6.45) is -6.57. The number of hydrogen-bond acceptors (Lipinski definition) is 6. The van der Waals surface area contributed by atoms with Crippen molar-refractivity contribution in [1.29, 1.82) is 0 Å². The zero-order chi connectivity index (χ0) is 27.1. The Morgan fingerprint density at radius 2 is 1.33 bits per heavy atom. The number of halogens is 7. The Kier molecular flexibility index (Phi) is 9.55. The van der Waals surface area contributed by atoms with Crippen LogP contribution >= 0.6 is 0 Å². The number of aromatic nitrogens is 2. The molecule has 2 aromatic rings. The van der Waals surface area contributed by atoms with E-state index in [4.69, 9.17) is 19.8 Å². The van der Waals surface area contributed by atoms with Crippen molar-refractivity contribution < 1.29 is 50.5 Å². The molecule has 2 aliphatic heterocycles. The molecule has 0 saturated carbocycles. The summed E-state index contributed by atoms with van der Waals surface area (Å²) in [6, 6.07) is 8.77. The van der Waals surface area contributed by atoms with Crippen molar-refractivity contribution in [2.45, 2.75) is 18.9 Å². The summed E-state index contributed by atoms with van der Waals surface area (Å²) in [7, 11) is 0. The molecule has 0 amide bonds. The average molecular weight is 526 g/mol. The van der Waals surface area contributed by atoms with Crippen LogP contribution in [0.15, 0.2) is 42.7 Å². The SMILES string of the molecule is Fc1cccc(CN2C[C@@H]3CN(c4ncccn4)C[C@@H]3C2)c1.O=C(O)C(F)(F)F.O=C(O)C(F)(F)F. The van der Waals surface area contributed by atoms with Crippen LogP contribution in [0.2, 0.25) is 0 Å². The second-order valence-corrected chi connectivity index (χ2v) is 7.90. The second kappa shape index (κ2) is 12.0. The highest BCUT2D eigenvalue weighted by molar-refractivity contribution is 5.73. The fourth-order valence-corrected chi connectivity index (χ4v) is 3.73. The first-order valence-electron chi connectivity index (χ1n) is 10.3. The summed E-state index contributed by atoms with van der Waals surface area (Å²) < 4.78 is 76.7. The maximum Gasteiger partial charge on any atom is 0.490 e. The lowest BCUT2D eigenvalue weighted by Gasteiger charge is -2.21. The molecule has 0 bridgehead atoms. The number of likely N-dealkylation sites (tertiary alicyclic amines) is 1. The van der Waals surface area contributed by atoms with Gasteiger partial charge in [-0.3, -0.25) is 4.90 Å². The van der Waals surface area contributed by atoms with Crippen LogP contribution < -0.4 is 4.90 Å². The van der Waals surface area contributed by atoms with Gasteiger partial charge in [-0.15, -0.1) is 0 Å². The van der Waals surface area contributed by atoms with E-state index in [0.717, 1.165) is 44.2 Å². The van der Waals surface area contributed by atoms with E-state index in [1.807, 2.05) is 12.1 Å². The number of anilines is 1. The lowest BCUT2D eigenvalue weighted by molar-refractivity contribution is -0.193. The molecule has 3 heterocycles. The molecule has 2 fully saturated rings. The van der Waals surface area contributed by atoms with Gasteiger partial charge in [-0.25, -0.2) is 23.9 Å². The number of hydrogen-bond donors (Lipinski definition) is 2. The first kappa shape index (κ1) is 28.7. The minimum absolute atomic E-state index is 0.149. The molecule has 15 heteroatoms. The highest BCUT2D eigenvalue weighted by Gasteiger charge is 2.41. The van der Waals surface area contributed by atoms with Crippen LogP contribution in [0, 0.1) is 17.7 Å². The van der Waals surface area contributed by atoms with Crippen molar-refractivity contribution in [2.75, 3.05) is 31.1 Å². The number of benzene rings is 1. The standard InChI is InChI=1S/C17H19FN4.2C2HF3O2/c18-16-4-1-3-13(7-16)8-21-9-14-11-22(12-15(14)10-21)17-19-5-2-6-20-17;2*3-2(4,5)1(6)7/h1-7,14-15H,8-12H2;2*(H,6,7)/t14-,15+;;. The van der Waals surface area contributed by atoms with E-state index in [1.165, 1.54) is 6.07 Å². The predicted octanol–water partition coefficient (Wildman–Crippen LogP) is 3.45. The van der Waals surface area contributed by atoms with E-state index in [0.29, 0.717) is 11.8 Å². The van der Waals surface area contributed by atoms with Gasteiger partial charge in [0.15, 0.2) is 0 Å². The Morgan fingerprint density at radius 3 is 1.75 bits per heavy atom. The van der Waals surface area contributed by atoms with Crippen LogP contribution in [0.3, 0.4) is 0 Å². The number of fused-ring (bicyclic) bond motifs is 1. The van der Waals surface area contributed by atoms with Gasteiger partial charge in [0, 0.05) is 45.1 Å². The van der Waals surface area contributed by atoms with Crippen molar-refractivity contribution in [3.8, 4) is 0 Å². The van der Waals surface area contributed by atoms with E-state index in [-0.39, 0.29) is 5.82 Å². The topological polar surface area (TPSA) is 107 Å². The lowest BCUT2D eigenvalue weighted by atomic mass is 10.0. The van der Waals surface area contributed by atoms with Crippen molar-refractivity contribution >= 4 is 17.9 Å². The molecular formula is C21H21F7N4O4. The quantitative estimate of drug-likeness (QED) is 0.586. The normalized spacial score (nSPS) is 19.5. The van der Waals surface area contributed by atoms with Crippen LogP contribution in [-0.4, -0.2) is 75.6 Å². The zero-order valence-corrected chi connectivity index (χ0v) is 18.4. The van der Waals surface area contributed by atoms with Crippen molar-refractivity contribution in [2.24, 2.45) is 11.8 Å². The molecule has 0 aliphatic carbocycles. The Balaban J connectivity index is 0.000000271. The lowest BCUT2D eigenvalue weighted by Crippen LogP contribution is -2.29. The van der Waals surface area contributed by atoms with Crippen LogP contribution in [0.25, 0.3) is 0 Å². The van der Waals surface area contributed by atoms with Gasteiger partial charge >= 0.3 is 24.3 Å². The number of carbonyl (C=O) groups is 2. The molecule has 2 N–H and O–H groups in total. The monoisotopic (exact) mass is 526 g/mol. The molecule has 1 aromatic carbocycles. The van der Waals surface area contributed by atoms with Crippen LogP contribution in [0.4, 0.5) is 36.7 Å². The molecule has 0 unspecified atom stereocenters. The molecule has 36 heavy (non-hydrogen) atoms. The molecule has 8 nitrogen and oxygen atoms in total. The van der Waals surface area contributed by atoms with E-state index in [1.54, 1.807) is 24.5 Å². The van der Waals surface area contributed by atoms with Crippen molar-refractivity contribution in [3.05, 3.63) is 54.1 Å². The summed E-state index contributed by atoms with van der Waals surface area (Å²) in [6.45, 7) is 5.03. The van der Waals surface area contributed by atoms with Gasteiger partial charge in [-0.05, 0) is 35.6 Å².